The second kappa shape index (κ2) is 8.79. The molecule has 7 heteroatoms. The molecular formula is C16H21ClN4O2. The lowest BCUT2D eigenvalue weighted by Crippen LogP contribution is -2.30. The second-order valence-electron chi connectivity index (χ2n) is 5.41. The van der Waals surface area contributed by atoms with Gasteiger partial charge in [-0.25, -0.2) is 4.98 Å². The lowest BCUT2D eigenvalue weighted by Gasteiger charge is -2.14. The minimum absolute atomic E-state index is 0. The largest absolute Gasteiger partial charge is 0.438 e. The number of hydrogen-bond donors (Lipinski definition) is 3. The van der Waals surface area contributed by atoms with Crippen molar-refractivity contribution >= 4 is 12.4 Å². The zero-order valence-electron chi connectivity index (χ0n) is 12.7. The first-order valence-corrected chi connectivity index (χ1v) is 7.43. The predicted molar refractivity (Wildman–Crippen MR) is 89.9 cm³/mol. The molecule has 2 heterocycles. The summed E-state index contributed by atoms with van der Waals surface area (Å²) in [6.45, 7) is 3.15. The van der Waals surface area contributed by atoms with Crippen LogP contribution in [0.5, 0.6) is 11.6 Å². The molecule has 1 aliphatic heterocycles. The Morgan fingerprint density at radius 1 is 1.22 bits per heavy atom. The number of aliphatic hydroxyl groups is 1. The van der Waals surface area contributed by atoms with Gasteiger partial charge < -0.3 is 20.5 Å². The Balaban J connectivity index is 0.00000192. The van der Waals surface area contributed by atoms with Crippen molar-refractivity contribution in [2.75, 3.05) is 19.6 Å². The van der Waals surface area contributed by atoms with Crippen molar-refractivity contribution in [3.8, 4) is 11.6 Å². The summed E-state index contributed by atoms with van der Waals surface area (Å²) in [4.78, 5) is 8.03. The molecule has 2 aromatic rings. The van der Waals surface area contributed by atoms with Crippen molar-refractivity contribution < 1.29 is 9.84 Å². The zero-order valence-corrected chi connectivity index (χ0v) is 13.5. The molecule has 1 aromatic heterocycles. The Labute approximate surface area is 141 Å². The van der Waals surface area contributed by atoms with Gasteiger partial charge in [0.2, 0.25) is 5.88 Å². The molecule has 0 amide bonds. The van der Waals surface area contributed by atoms with E-state index in [4.69, 9.17) is 4.74 Å². The van der Waals surface area contributed by atoms with Crippen LogP contribution in [0.15, 0.2) is 42.9 Å². The van der Waals surface area contributed by atoms with Crippen LogP contribution in [-0.4, -0.2) is 40.8 Å². The van der Waals surface area contributed by atoms with E-state index in [0.717, 1.165) is 25.4 Å². The average Bonchev–Trinajstić information content (AvgIpc) is 2.95. The summed E-state index contributed by atoms with van der Waals surface area (Å²) in [6.07, 6.45) is 4.55. The maximum atomic E-state index is 9.73. The maximum absolute atomic E-state index is 9.73. The third-order valence-electron chi connectivity index (χ3n) is 3.73. The molecule has 1 aliphatic rings. The minimum atomic E-state index is -0.241. The number of nitrogens with one attached hydrogen (secondary N) is 2. The zero-order chi connectivity index (χ0) is 15.2. The number of rotatable bonds is 6. The van der Waals surface area contributed by atoms with Crippen LogP contribution in [0.25, 0.3) is 0 Å². The third-order valence-corrected chi connectivity index (χ3v) is 3.73. The van der Waals surface area contributed by atoms with Gasteiger partial charge in [0.1, 0.15) is 5.75 Å². The van der Waals surface area contributed by atoms with Gasteiger partial charge in [0.25, 0.3) is 0 Å². The Morgan fingerprint density at radius 2 is 2.04 bits per heavy atom. The van der Waals surface area contributed by atoms with Gasteiger partial charge in [-0.3, -0.25) is 4.98 Å². The highest BCUT2D eigenvalue weighted by molar-refractivity contribution is 5.85. The van der Waals surface area contributed by atoms with Crippen LogP contribution in [0.4, 0.5) is 0 Å². The van der Waals surface area contributed by atoms with Crippen LogP contribution in [0.3, 0.4) is 0 Å². The maximum Gasteiger partial charge on any atom is 0.237 e. The highest BCUT2D eigenvalue weighted by Gasteiger charge is 2.23. The molecule has 2 atom stereocenters. The summed E-state index contributed by atoms with van der Waals surface area (Å²) in [5.41, 5.74) is 1.17. The molecule has 0 bridgehead atoms. The van der Waals surface area contributed by atoms with Crippen LogP contribution in [-0.2, 0) is 6.54 Å². The summed E-state index contributed by atoms with van der Waals surface area (Å²) in [6, 6.07) is 7.86. The van der Waals surface area contributed by atoms with E-state index in [9.17, 15) is 5.11 Å². The first kappa shape index (κ1) is 17.6. The number of aromatic nitrogens is 2. The monoisotopic (exact) mass is 336 g/mol. The molecule has 6 nitrogen and oxygen atoms in total. The van der Waals surface area contributed by atoms with Crippen molar-refractivity contribution in [3.63, 3.8) is 0 Å². The first-order chi connectivity index (χ1) is 10.8. The number of aliphatic hydroxyl groups excluding tert-OH is 1. The fourth-order valence-electron chi connectivity index (χ4n) is 2.46. The molecule has 3 rings (SSSR count). The fourth-order valence-corrected chi connectivity index (χ4v) is 2.46. The van der Waals surface area contributed by atoms with Crippen LogP contribution in [0, 0.1) is 5.92 Å². The number of hydrogen-bond acceptors (Lipinski definition) is 6. The summed E-state index contributed by atoms with van der Waals surface area (Å²) in [5.74, 6) is 1.51. The first-order valence-electron chi connectivity index (χ1n) is 7.43. The molecule has 0 aliphatic carbocycles. The lowest BCUT2D eigenvalue weighted by atomic mass is 10.1. The number of halogens is 1. The van der Waals surface area contributed by atoms with E-state index in [-0.39, 0.29) is 18.5 Å². The van der Waals surface area contributed by atoms with E-state index in [0.29, 0.717) is 18.3 Å². The third kappa shape index (κ3) is 5.14. The smallest absolute Gasteiger partial charge is 0.237 e. The van der Waals surface area contributed by atoms with Crippen LogP contribution in [0.2, 0.25) is 0 Å². The van der Waals surface area contributed by atoms with Crippen molar-refractivity contribution in [1.29, 1.82) is 0 Å². The predicted octanol–water partition coefficient (Wildman–Crippen LogP) is 1.36. The molecule has 1 fully saturated rings. The second-order valence-corrected chi connectivity index (χ2v) is 5.41. The lowest BCUT2D eigenvalue weighted by molar-refractivity contribution is 0.146. The molecule has 124 valence electrons. The quantitative estimate of drug-likeness (QED) is 0.739. The van der Waals surface area contributed by atoms with Gasteiger partial charge in [-0.2, -0.15) is 0 Å². The number of β-amino-alcohol motifs (C(OH)–C–C–N with tert-alkyl or cyclic N) is 1. The van der Waals surface area contributed by atoms with Crippen LogP contribution < -0.4 is 15.4 Å². The van der Waals surface area contributed by atoms with Gasteiger partial charge >= 0.3 is 0 Å². The van der Waals surface area contributed by atoms with E-state index in [1.54, 1.807) is 18.6 Å². The molecule has 1 saturated heterocycles. The van der Waals surface area contributed by atoms with Gasteiger partial charge in [-0.05, 0) is 17.7 Å². The Hall–Kier alpha value is -1.73. The Kier molecular flexibility index (Phi) is 6.73. The van der Waals surface area contributed by atoms with Gasteiger partial charge in [0, 0.05) is 44.5 Å². The highest BCUT2D eigenvalue weighted by Crippen LogP contribution is 2.18. The summed E-state index contributed by atoms with van der Waals surface area (Å²) >= 11 is 0. The standard InChI is InChI=1S/C16H20N4O2.ClH/c21-15-10-19-9-13(15)8-18-7-12-1-3-14(4-2-12)22-16-11-17-5-6-20-16;/h1-6,11,13,15,18-19,21H,7-10H2;1H. The molecule has 23 heavy (non-hydrogen) atoms. The topological polar surface area (TPSA) is 79.3 Å². The fraction of sp³-hybridized carbons (Fsp3) is 0.375. The highest BCUT2D eigenvalue weighted by atomic mass is 35.5. The van der Waals surface area contributed by atoms with E-state index in [2.05, 4.69) is 20.6 Å². The van der Waals surface area contributed by atoms with E-state index in [1.165, 1.54) is 5.56 Å². The molecular weight excluding hydrogens is 316 g/mol. The molecule has 2 unspecified atom stereocenters. The average molecular weight is 337 g/mol. The summed E-state index contributed by atoms with van der Waals surface area (Å²) in [7, 11) is 0. The van der Waals surface area contributed by atoms with Gasteiger partial charge in [-0.15, -0.1) is 12.4 Å². The molecule has 0 spiro atoms. The van der Waals surface area contributed by atoms with Gasteiger partial charge in [-0.1, -0.05) is 12.1 Å². The minimum Gasteiger partial charge on any atom is -0.438 e. The summed E-state index contributed by atoms with van der Waals surface area (Å²) < 4.78 is 5.60. The SMILES string of the molecule is Cl.OC1CNCC1CNCc1ccc(Oc2cnccn2)cc1. The van der Waals surface area contributed by atoms with E-state index >= 15 is 0 Å². The Bertz CT molecular complexity index is 582. The number of benzene rings is 1. The molecule has 0 saturated carbocycles. The van der Waals surface area contributed by atoms with Gasteiger partial charge in [0.15, 0.2) is 0 Å². The molecule has 0 radical (unpaired) electrons. The van der Waals surface area contributed by atoms with Crippen LogP contribution in [0.1, 0.15) is 5.56 Å². The Morgan fingerprint density at radius 3 is 2.70 bits per heavy atom. The van der Waals surface area contributed by atoms with Crippen molar-refractivity contribution in [3.05, 3.63) is 48.4 Å². The number of nitrogens with zero attached hydrogens (tertiary/aromatic N) is 2. The molecule has 1 aromatic carbocycles. The van der Waals surface area contributed by atoms with Crippen LogP contribution >= 0.6 is 12.4 Å². The van der Waals surface area contributed by atoms with Crippen molar-refractivity contribution in [2.45, 2.75) is 12.6 Å². The van der Waals surface area contributed by atoms with Crippen molar-refractivity contribution in [1.82, 2.24) is 20.6 Å². The number of ether oxygens (including phenoxy) is 1. The van der Waals surface area contributed by atoms with E-state index in [1.807, 2.05) is 24.3 Å². The molecule has 3 N–H and O–H groups in total. The van der Waals surface area contributed by atoms with Gasteiger partial charge in [0.05, 0.1) is 12.3 Å². The van der Waals surface area contributed by atoms with Crippen molar-refractivity contribution in [2.24, 2.45) is 5.92 Å². The normalized spacial score (nSPS) is 20.0. The van der Waals surface area contributed by atoms with E-state index < -0.39 is 0 Å². The summed E-state index contributed by atoms with van der Waals surface area (Å²) in [5, 5.41) is 16.3.